The van der Waals surface area contributed by atoms with Gasteiger partial charge in [0.2, 0.25) is 11.9 Å². The molecule has 0 aliphatic carbocycles. The highest BCUT2D eigenvalue weighted by atomic mass is 19.1. The molecule has 1 aromatic carbocycles. The van der Waals surface area contributed by atoms with Crippen LogP contribution in [0, 0.1) is 18.3 Å². The summed E-state index contributed by atoms with van der Waals surface area (Å²) >= 11 is 0. The van der Waals surface area contributed by atoms with Gasteiger partial charge in [-0.3, -0.25) is 4.79 Å². The number of hydrogen-bond acceptors (Lipinski definition) is 2. The monoisotopic (exact) mass is 345 g/mol. The second kappa shape index (κ2) is 7.38. The van der Waals surface area contributed by atoms with E-state index in [1.165, 1.54) is 7.05 Å². The molecule has 0 bridgehead atoms. The van der Waals surface area contributed by atoms with Crippen LogP contribution in [0.2, 0.25) is 0 Å². The van der Waals surface area contributed by atoms with Gasteiger partial charge in [0.25, 0.3) is 0 Å². The smallest absolute Gasteiger partial charge is 0.229 e. The first-order valence-electron chi connectivity index (χ1n) is 8.65. The van der Waals surface area contributed by atoms with Crippen molar-refractivity contribution in [2.24, 2.45) is 12.5 Å². The van der Waals surface area contributed by atoms with Crippen LogP contribution < -0.4 is 5.32 Å². The van der Waals surface area contributed by atoms with Crippen LogP contribution in [-0.4, -0.2) is 15.7 Å². The summed E-state index contributed by atoms with van der Waals surface area (Å²) in [5, 5.41) is 6.97. The van der Waals surface area contributed by atoms with Crippen molar-refractivity contribution in [3.63, 3.8) is 0 Å². The largest absolute Gasteiger partial charge is 0.326 e. The van der Waals surface area contributed by atoms with Crippen LogP contribution in [-0.2, 0) is 18.3 Å². The maximum Gasteiger partial charge on any atom is 0.229 e. The average molecular weight is 345 g/mol. The molecule has 1 amide bonds. The summed E-state index contributed by atoms with van der Waals surface area (Å²) in [7, 11) is 1.53. The van der Waals surface area contributed by atoms with Crippen molar-refractivity contribution in [3.8, 4) is 0 Å². The number of amides is 1. The fourth-order valence-corrected chi connectivity index (χ4v) is 3.30. The highest BCUT2D eigenvalue weighted by Gasteiger charge is 2.21. The summed E-state index contributed by atoms with van der Waals surface area (Å²) in [6, 6.07) is 7.83. The Morgan fingerprint density at radius 1 is 1.32 bits per heavy atom. The Morgan fingerprint density at radius 2 is 1.96 bits per heavy atom. The van der Waals surface area contributed by atoms with Crippen molar-refractivity contribution in [2.45, 2.75) is 53.4 Å². The third-order valence-corrected chi connectivity index (χ3v) is 4.29. The number of rotatable bonds is 5. The zero-order valence-electron chi connectivity index (χ0n) is 16.0. The van der Waals surface area contributed by atoms with Gasteiger partial charge < -0.3 is 5.32 Å². The molecule has 0 aliphatic heterocycles. The van der Waals surface area contributed by atoms with Crippen molar-refractivity contribution in [2.75, 3.05) is 5.32 Å². The van der Waals surface area contributed by atoms with Crippen LogP contribution in [0.1, 0.15) is 56.9 Å². The molecule has 1 atom stereocenters. The lowest BCUT2D eigenvalue weighted by Gasteiger charge is -2.25. The van der Waals surface area contributed by atoms with Crippen molar-refractivity contribution in [3.05, 3.63) is 47.0 Å². The van der Waals surface area contributed by atoms with Gasteiger partial charge in [0.05, 0.1) is 12.1 Å². The number of benzene rings is 1. The third kappa shape index (κ3) is 4.91. The Kier molecular flexibility index (Phi) is 5.65. The number of anilines is 1. The molecule has 136 valence electrons. The molecular formula is C20H28FN3O. The molecule has 1 heterocycles. The van der Waals surface area contributed by atoms with Gasteiger partial charge in [0.15, 0.2) is 0 Å². The SMILES string of the molecule is Cc1nn(C)c(F)c1CC(=O)Nc1ccccc1C(C)CC(C)(C)C. The van der Waals surface area contributed by atoms with Crippen molar-refractivity contribution in [1.29, 1.82) is 0 Å². The summed E-state index contributed by atoms with van der Waals surface area (Å²) in [4.78, 5) is 12.4. The van der Waals surface area contributed by atoms with Gasteiger partial charge in [-0.1, -0.05) is 45.9 Å². The van der Waals surface area contributed by atoms with Gasteiger partial charge in [-0.05, 0) is 36.3 Å². The molecule has 1 N–H and O–H groups in total. The molecular weight excluding hydrogens is 317 g/mol. The third-order valence-electron chi connectivity index (χ3n) is 4.29. The summed E-state index contributed by atoms with van der Waals surface area (Å²) in [5.74, 6) is -0.374. The maximum atomic E-state index is 14.0. The first-order valence-corrected chi connectivity index (χ1v) is 8.65. The van der Waals surface area contributed by atoms with E-state index < -0.39 is 5.95 Å². The van der Waals surface area contributed by atoms with Crippen LogP contribution in [0.25, 0.3) is 0 Å². The Bertz CT molecular complexity index is 759. The van der Waals surface area contributed by atoms with E-state index in [0.29, 0.717) is 17.2 Å². The second-order valence-corrected chi connectivity index (χ2v) is 7.96. The van der Waals surface area contributed by atoms with Gasteiger partial charge in [-0.15, -0.1) is 0 Å². The standard InChI is InChI=1S/C20H28FN3O/c1-13(12-20(3,4)5)15-9-7-8-10-17(15)22-18(25)11-16-14(2)23-24(6)19(16)21/h7-10,13H,11-12H2,1-6H3,(H,22,25). The number of aryl methyl sites for hydroxylation is 2. The average Bonchev–Trinajstić information content (AvgIpc) is 2.72. The van der Waals surface area contributed by atoms with E-state index in [2.05, 4.69) is 38.1 Å². The lowest BCUT2D eigenvalue weighted by Crippen LogP contribution is -2.18. The molecule has 0 saturated carbocycles. The normalized spacial score (nSPS) is 12.9. The first-order chi connectivity index (χ1) is 11.6. The van der Waals surface area contributed by atoms with Crippen molar-refractivity contribution < 1.29 is 9.18 Å². The van der Waals surface area contributed by atoms with Crippen LogP contribution in [0.5, 0.6) is 0 Å². The quantitative estimate of drug-likeness (QED) is 0.861. The zero-order chi connectivity index (χ0) is 18.8. The molecule has 2 rings (SSSR count). The molecule has 0 radical (unpaired) electrons. The lowest BCUT2D eigenvalue weighted by molar-refractivity contribution is -0.115. The fraction of sp³-hybridized carbons (Fsp3) is 0.500. The van der Waals surface area contributed by atoms with E-state index in [4.69, 9.17) is 0 Å². The number of nitrogens with one attached hydrogen (secondary N) is 1. The molecule has 1 aromatic heterocycles. The molecule has 0 spiro atoms. The van der Waals surface area contributed by atoms with E-state index in [0.717, 1.165) is 22.4 Å². The van der Waals surface area contributed by atoms with Crippen LogP contribution >= 0.6 is 0 Å². The Balaban J connectivity index is 2.16. The minimum absolute atomic E-state index is 0.0203. The number of halogens is 1. The highest BCUT2D eigenvalue weighted by molar-refractivity contribution is 5.93. The molecule has 4 nitrogen and oxygen atoms in total. The molecule has 2 aromatic rings. The fourth-order valence-electron chi connectivity index (χ4n) is 3.30. The number of carbonyl (C=O) groups is 1. The van der Waals surface area contributed by atoms with Crippen LogP contribution in [0.4, 0.5) is 10.1 Å². The van der Waals surface area contributed by atoms with E-state index in [9.17, 15) is 9.18 Å². The number of aromatic nitrogens is 2. The predicted octanol–water partition coefficient (Wildman–Crippen LogP) is 4.59. The number of hydrogen-bond donors (Lipinski definition) is 1. The summed E-state index contributed by atoms with van der Waals surface area (Å²) < 4.78 is 15.2. The predicted molar refractivity (Wildman–Crippen MR) is 99.2 cm³/mol. The molecule has 0 aliphatic rings. The zero-order valence-corrected chi connectivity index (χ0v) is 16.0. The minimum Gasteiger partial charge on any atom is -0.326 e. The summed E-state index contributed by atoms with van der Waals surface area (Å²) in [5.41, 5.74) is 3.00. The van der Waals surface area contributed by atoms with Crippen LogP contribution in [0.15, 0.2) is 24.3 Å². The molecule has 1 unspecified atom stereocenters. The Hall–Kier alpha value is -2.17. The molecule has 5 heteroatoms. The lowest BCUT2D eigenvalue weighted by atomic mass is 9.82. The number of para-hydroxylation sites is 1. The van der Waals surface area contributed by atoms with E-state index in [-0.39, 0.29) is 17.7 Å². The van der Waals surface area contributed by atoms with Gasteiger partial charge in [0.1, 0.15) is 0 Å². The second-order valence-electron chi connectivity index (χ2n) is 7.96. The van der Waals surface area contributed by atoms with Gasteiger partial charge in [-0.2, -0.15) is 9.49 Å². The Morgan fingerprint density at radius 3 is 2.52 bits per heavy atom. The van der Waals surface area contributed by atoms with Gasteiger partial charge >= 0.3 is 0 Å². The molecule has 0 saturated heterocycles. The van der Waals surface area contributed by atoms with Crippen molar-refractivity contribution >= 4 is 11.6 Å². The first kappa shape index (κ1) is 19.2. The van der Waals surface area contributed by atoms with E-state index >= 15 is 0 Å². The minimum atomic E-state index is -0.456. The highest BCUT2D eigenvalue weighted by Crippen LogP contribution is 2.34. The number of carbonyl (C=O) groups excluding carboxylic acids is 1. The summed E-state index contributed by atoms with van der Waals surface area (Å²) in [6.45, 7) is 10.5. The van der Waals surface area contributed by atoms with Crippen LogP contribution in [0.3, 0.4) is 0 Å². The van der Waals surface area contributed by atoms with E-state index in [1.54, 1.807) is 6.92 Å². The Labute approximate surface area is 149 Å². The van der Waals surface area contributed by atoms with Gasteiger partial charge in [-0.25, -0.2) is 4.68 Å². The van der Waals surface area contributed by atoms with E-state index in [1.807, 2.05) is 24.3 Å². The summed E-state index contributed by atoms with van der Waals surface area (Å²) in [6.07, 6.45) is 0.990. The molecule has 25 heavy (non-hydrogen) atoms. The van der Waals surface area contributed by atoms with Gasteiger partial charge in [0, 0.05) is 18.3 Å². The van der Waals surface area contributed by atoms with Crippen molar-refractivity contribution in [1.82, 2.24) is 9.78 Å². The number of nitrogens with zero attached hydrogens (tertiary/aromatic N) is 2. The topological polar surface area (TPSA) is 46.9 Å². The molecule has 0 fully saturated rings. The maximum absolute atomic E-state index is 14.0.